The summed E-state index contributed by atoms with van der Waals surface area (Å²) in [6.07, 6.45) is 3.97. The molecule has 0 aliphatic carbocycles. The van der Waals surface area contributed by atoms with Crippen LogP contribution in [0.1, 0.15) is 15.9 Å². The summed E-state index contributed by atoms with van der Waals surface area (Å²) in [6.45, 7) is 2.04. The number of pyridine rings is 1. The van der Waals surface area contributed by atoms with Crippen molar-refractivity contribution < 1.29 is 9.53 Å². The number of aryl methyl sites for hydroxylation is 1. The summed E-state index contributed by atoms with van der Waals surface area (Å²) >= 11 is 1.67. The van der Waals surface area contributed by atoms with E-state index in [1.807, 2.05) is 89.8 Å². The second kappa shape index (κ2) is 8.32. The highest BCUT2D eigenvalue weighted by molar-refractivity contribution is 7.13. The molecule has 0 unspecified atom stereocenters. The van der Waals surface area contributed by atoms with Crippen molar-refractivity contribution >= 4 is 28.6 Å². The monoisotopic (exact) mass is 439 g/mol. The summed E-state index contributed by atoms with van der Waals surface area (Å²) in [5.41, 5.74) is 6.05. The molecule has 0 radical (unpaired) electrons. The highest BCUT2D eigenvalue weighted by Gasteiger charge is 2.13. The van der Waals surface area contributed by atoms with Crippen LogP contribution in [0.5, 0.6) is 5.75 Å². The third-order valence-electron chi connectivity index (χ3n) is 5.31. The number of imidazole rings is 1. The molecule has 5 aromatic rings. The second-order valence-corrected chi connectivity index (χ2v) is 8.47. The first kappa shape index (κ1) is 20.0. The maximum atomic E-state index is 12.9. The average molecular weight is 440 g/mol. The lowest BCUT2D eigenvalue weighted by molar-refractivity contribution is 0.102. The van der Waals surface area contributed by atoms with Crippen LogP contribution in [-0.4, -0.2) is 22.4 Å². The molecule has 0 aliphatic rings. The van der Waals surface area contributed by atoms with Crippen molar-refractivity contribution in [2.45, 2.75) is 6.92 Å². The predicted octanol–water partition coefficient (Wildman–Crippen LogP) is 6.30. The van der Waals surface area contributed by atoms with Gasteiger partial charge in [-0.1, -0.05) is 18.2 Å². The number of anilines is 1. The van der Waals surface area contributed by atoms with Gasteiger partial charge in [-0.05, 0) is 72.0 Å². The maximum absolute atomic E-state index is 12.9. The van der Waals surface area contributed by atoms with Crippen molar-refractivity contribution in [3.63, 3.8) is 0 Å². The van der Waals surface area contributed by atoms with Crippen LogP contribution in [0.15, 0.2) is 84.5 Å². The molecule has 0 fully saturated rings. The molecular weight excluding hydrogens is 418 g/mol. The van der Waals surface area contributed by atoms with Gasteiger partial charge in [0.1, 0.15) is 11.4 Å². The fourth-order valence-electron chi connectivity index (χ4n) is 3.61. The first-order valence-corrected chi connectivity index (χ1v) is 11.1. The number of carbonyl (C=O) groups is 1. The minimum absolute atomic E-state index is 0.191. The van der Waals surface area contributed by atoms with Crippen molar-refractivity contribution in [1.82, 2.24) is 9.38 Å². The van der Waals surface area contributed by atoms with Gasteiger partial charge < -0.3 is 14.5 Å². The Morgan fingerprint density at radius 1 is 1.03 bits per heavy atom. The van der Waals surface area contributed by atoms with E-state index in [2.05, 4.69) is 11.4 Å². The number of amides is 1. The SMILES string of the molecule is COc1ccc(-c2cn3ccc(C)cc3n2)cc1NC(=O)c1ccc(-c2cccs2)cc1. The van der Waals surface area contributed by atoms with E-state index in [9.17, 15) is 4.79 Å². The van der Waals surface area contributed by atoms with Crippen LogP contribution in [0.25, 0.3) is 27.3 Å². The molecule has 2 aromatic carbocycles. The van der Waals surface area contributed by atoms with Crippen LogP contribution < -0.4 is 10.1 Å². The summed E-state index contributed by atoms with van der Waals surface area (Å²) in [5.74, 6) is 0.403. The first-order chi connectivity index (χ1) is 15.6. The maximum Gasteiger partial charge on any atom is 0.255 e. The third-order valence-corrected chi connectivity index (χ3v) is 6.23. The molecule has 0 spiro atoms. The Labute approximate surface area is 190 Å². The number of rotatable bonds is 5. The average Bonchev–Trinajstić information content (AvgIpc) is 3.49. The Bertz CT molecular complexity index is 1400. The highest BCUT2D eigenvalue weighted by atomic mass is 32.1. The summed E-state index contributed by atoms with van der Waals surface area (Å²) in [5, 5.41) is 5.03. The van der Waals surface area contributed by atoms with Crippen LogP contribution in [0.2, 0.25) is 0 Å². The Balaban J connectivity index is 1.42. The van der Waals surface area contributed by atoms with Gasteiger partial charge >= 0.3 is 0 Å². The lowest BCUT2D eigenvalue weighted by atomic mass is 10.1. The molecule has 5 nitrogen and oxygen atoms in total. The summed E-state index contributed by atoms with van der Waals surface area (Å²) in [4.78, 5) is 18.8. The van der Waals surface area contributed by atoms with Gasteiger partial charge in [0.15, 0.2) is 0 Å². The molecule has 0 saturated heterocycles. The number of hydrogen-bond donors (Lipinski definition) is 1. The van der Waals surface area contributed by atoms with E-state index in [4.69, 9.17) is 9.72 Å². The van der Waals surface area contributed by atoms with Crippen molar-refractivity contribution in [1.29, 1.82) is 0 Å². The minimum atomic E-state index is -0.191. The minimum Gasteiger partial charge on any atom is -0.495 e. The van der Waals surface area contributed by atoms with E-state index < -0.39 is 0 Å². The normalized spacial score (nSPS) is 10.9. The Morgan fingerprint density at radius 2 is 1.84 bits per heavy atom. The van der Waals surface area contributed by atoms with E-state index >= 15 is 0 Å². The van der Waals surface area contributed by atoms with Crippen LogP contribution in [-0.2, 0) is 0 Å². The molecule has 5 rings (SSSR count). The number of hydrogen-bond acceptors (Lipinski definition) is 4. The van der Waals surface area contributed by atoms with Gasteiger partial charge in [-0.25, -0.2) is 4.98 Å². The van der Waals surface area contributed by atoms with Crippen LogP contribution in [0.4, 0.5) is 5.69 Å². The first-order valence-electron chi connectivity index (χ1n) is 10.2. The molecule has 0 atom stereocenters. The summed E-state index contributed by atoms with van der Waals surface area (Å²) in [7, 11) is 1.59. The number of nitrogens with one attached hydrogen (secondary N) is 1. The largest absolute Gasteiger partial charge is 0.495 e. The molecule has 0 saturated carbocycles. The molecule has 0 bridgehead atoms. The molecule has 1 N–H and O–H groups in total. The van der Waals surface area contributed by atoms with Gasteiger partial charge in [0, 0.05) is 28.4 Å². The van der Waals surface area contributed by atoms with Crippen molar-refractivity contribution in [3.8, 4) is 27.4 Å². The van der Waals surface area contributed by atoms with E-state index in [0.29, 0.717) is 17.0 Å². The zero-order chi connectivity index (χ0) is 22.1. The molecule has 3 aromatic heterocycles. The van der Waals surface area contributed by atoms with E-state index in [1.165, 1.54) is 4.88 Å². The van der Waals surface area contributed by atoms with Crippen molar-refractivity contribution in [3.05, 3.63) is 95.6 Å². The van der Waals surface area contributed by atoms with Gasteiger partial charge in [-0.2, -0.15) is 0 Å². The van der Waals surface area contributed by atoms with Gasteiger partial charge in [-0.15, -0.1) is 11.3 Å². The molecule has 32 heavy (non-hydrogen) atoms. The van der Waals surface area contributed by atoms with Gasteiger partial charge in [0.25, 0.3) is 5.91 Å². The molecule has 0 aliphatic heterocycles. The number of thiophene rings is 1. The number of ether oxygens (including phenoxy) is 1. The van der Waals surface area contributed by atoms with Gasteiger partial charge in [-0.3, -0.25) is 4.79 Å². The van der Waals surface area contributed by atoms with Crippen LogP contribution in [0, 0.1) is 6.92 Å². The Kier molecular flexibility index (Phi) is 5.21. The molecular formula is C26H21N3O2S. The van der Waals surface area contributed by atoms with Crippen LogP contribution >= 0.6 is 11.3 Å². The van der Waals surface area contributed by atoms with Crippen molar-refractivity contribution in [2.75, 3.05) is 12.4 Å². The standard InChI is InChI=1S/C26H21N3O2S/c1-17-11-12-29-16-22(27-25(29)14-17)20-9-10-23(31-2)21(15-20)28-26(30)19-7-5-18(6-8-19)24-4-3-13-32-24/h3-16H,1-2H3,(H,28,30). The third kappa shape index (κ3) is 3.88. The molecule has 158 valence electrons. The van der Waals surface area contributed by atoms with E-state index in [-0.39, 0.29) is 5.91 Å². The number of aromatic nitrogens is 2. The lowest BCUT2D eigenvalue weighted by Gasteiger charge is -2.12. The topological polar surface area (TPSA) is 55.6 Å². The van der Waals surface area contributed by atoms with Gasteiger partial charge in [0.2, 0.25) is 0 Å². The molecule has 6 heteroatoms. The molecule has 3 heterocycles. The quantitative estimate of drug-likeness (QED) is 0.350. The zero-order valence-corrected chi connectivity index (χ0v) is 18.5. The highest BCUT2D eigenvalue weighted by Crippen LogP contribution is 2.31. The molecule has 1 amide bonds. The summed E-state index contributed by atoms with van der Waals surface area (Å²) < 4.78 is 7.46. The van der Waals surface area contributed by atoms with Gasteiger partial charge in [0.05, 0.1) is 18.5 Å². The van der Waals surface area contributed by atoms with E-state index in [0.717, 1.165) is 28.0 Å². The number of nitrogens with zero attached hydrogens (tertiary/aromatic N) is 2. The summed E-state index contributed by atoms with van der Waals surface area (Å²) in [6, 6.07) is 21.5. The number of fused-ring (bicyclic) bond motifs is 1. The fourth-order valence-corrected chi connectivity index (χ4v) is 4.34. The van der Waals surface area contributed by atoms with Crippen molar-refractivity contribution in [2.24, 2.45) is 0 Å². The predicted molar refractivity (Wildman–Crippen MR) is 130 cm³/mol. The number of methoxy groups -OCH3 is 1. The Hall–Kier alpha value is -3.90. The number of carbonyl (C=O) groups excluding carboxylic acids is 1. The number of benzene rings is 2. The smallest absolute Gasteiger partial charge is 0.255 e. The zero-order valence-electron chi connectivity index (χ0n) is 17.7. The van der Waals surface area contributed by atoms with Crippen LogP contribution in [0.3, 0.4) is 0 Å². The Morgan fingerprint density at radius 3 is 2.59 bits per heavy atom. The fraction of sp³-hybridized carbons (Fsp3) is 0.0769. The van der Waals surface area contributed by atoms with E-state index in [1.54, 1.807) is 18.4 Å². The lowest BCUT2D eigenvalue weighted by Crippen LogP contribution is -2.12. The second-order valence-electron chi connectivity index (χ2n) is 7.52.